The third-order valence-electron chi connectivity index (χ3n) is 2.27. The summed E-state index contributed by atoms with van der Waals surface area (Å²) in [5.41, 5.74) is 0. The molecule has 2 rings (SSSR count). The topological polar surface area (TPSA) is 71.2 Å². The first-order valence-corrected chi connectivity index (χ1v) is 3.98. The molecule has 0 saturated heterocycles. The molecule has 0 saturated carbocycles. The van der Waals surface area contributed by atoms with Crippen molar-refractivity contribution in [1.82, 2.24) is 19.7 Å². The number of aromatic nitrogens is 3. The largest absolute Gasteiger partial charge is 0.480 e. The first kappa shape index (κ1) is 8.18. The highest BCUT2D eigenvalue weighted by molar-refractivity contribution is 5.73. The van der Waals surface area contributed by atoms with Crippen LogP contribution in [0.3, 0.4) is 0 Å². The number of carboxylic acids is 1. The highest BCUT2D eigenvalue weighted by atomic mass is 16.4. The Kier molecular flexibility index (Phi) is 1.77. The summed E-state index contributed by atoms with van der Waals surface area (Å²) in [6, 6.07) is -0.469. The molecule has 0 unspecified atom stereocenters. The molecule has 70 valence electrons. The van der Waals surface area contributed by atoms with Crippen LogP contribution in [0.4, 0.5) is 0 Å². The normalized spacial score (nSPS) is 22.7. The highest BCUT2D eigenvalue weighted by Crippen LogP contribution is 2.13. The molecule has 1 aliphatic rings. The molecule has 0 aromatic carbocycles. The number of rotatable bonds is 1. The van der Waals surface area contributed by atoms with Gasteiger partial charge in [0.25, 0.3) is 0 Å². The zero-order valence-corrected chi connectivity index (χ0v) is 7.21. The summed E-state index contributed by atoms with van der Waals surface area (Å²) >= 11 is 0. The summed E-state index contributed by atoms with van der Waals surface area (Å²) in [6.07, 6.45) is 1.57. The van der Waals surface area contributed by atoms with E-state index in [-0.39, 0.29) is 0 Å². The monoisotopic (exact) mass is 182 g/mol. The van der Waals surface area contributed by atoms with Gasteiger partial charge in [-0.05, 0) is 7.05 Å². The van der Waals surface area contributed by atoms with Crippen molar-refractivity contribution in [2.24, 2.45) is 0 Å². The minimum absolute atomic E-state index is 0.425. The van der Waals surface area contributed by atoms with Crippen molar-refractivity contribution in [2.45, 2.75) is 19.1 Å². The maximum Gasteiger partial charge on any atom is 0.322 e. The van der Waals surface area contributed by atoms with Gasteiger partial charge in [0.05, 0.1) is 13.1 Å². The van der Waals surface area contributed by atoms with Crippen molar-refractivity contribution in [3.63, 3.8) is 0 Å². The number of nitrogens with zero attached hydrogens (tertiary/aromatic N) is 4. The lowest BCUT2D eigenvalue weighted by Gasteiger charge is -2.29. The van der Waals surface area contributed by atoms with E-state index in [1.165, 1.54) is 0 Å². The van der Waals surface area contributed by atoms with E-state index in [9.17, 15) is 4.79 Å². The number of hydrogen-bond acceptors (Lipinski definition) is 4. The average Bonchev–Trinajstić information content (AvgIpc) is 2.48. The number of fused-ring (bicyclic) bond motifs is 1. The van der Waals surface area contributed by atoms with Crippen LogP contribution in [0.15, 0.2) is 6.33 Å². The summed E-state index contributed by atoms with van der Waals surface area (Å²) in [5.74, 6) is 0.0156. The Labute approximate surface area is 74.8 Å². The molecule has 0 bridgehead atoms. The van der Waals surface area contributed by atoms with E-state index in [4.69, 9.17) is 5.11 Å². The second kappa shape index (κ2) is 2.81. The Morgan fingerprint density at radius 1 is 1.77 bits per heavy atom. The fraction of sp³-hybridized carbons (Fsp3) is 0.571. The summed E-state index contributed by atoms with van der Waals surface area (Å²) in [4.78, 5) is 12.6. The van der Waals surface area contributed by atoms with E-state index in [1.54, 1.807) is 22.8 Å². The Balaban J connectivity index is 2.27. The van der Waals surface area contributed by atoms with Crippen LogP contribution in [-0.4, -0.2) is 43.8 Å². The van der Waals surface area contributed by atoms with Gasteiger partial charge in [-0.3, -0.25) is 9.69 Å². The van der Waals surface area contributed by atoms with Crippen molar-refractivity contribution in [2.75, 3.05) is 7.05 Å². The van der Waals surface area contributed by atoms with E-state index < -0.39 is 12.0 Å². The van der Waals surface area contributed by atoms with Gasteiger partial charge in [-0.1, -0.05) is 0 Å². The molecule has 1 aromatic heterocycles. The smallest absolute Gasteiger partial charge is 0.322 e. The molecule has 13 heavy (non-hydrogen) atoms. The van der Waals surface area contributed by atoms with Gasteiger partial charge in [-0.2, -0.15) is 0 Å². The van der Waals surface area contributed by atoms with Crippen LogP contribution >= 0.6 is 0 Å². The van der Waals surface area contributed by atoms with Crippen LogP contribution in [0, 0.1) is 0 Å². The molecule has 0 radical (unpaired) electrons. The number of carboxylic acid groups (broad SMARTS) is 1. The fourth-order valence-electron chi connectivity index (χ4n) is 1.48. The third kappa shape index (κ3) is 1.29. The van der Waals surface area contributed by atoms with Gasteiger partial charge in [0, 0.05) is 0 Å². The first-order chi connectivity index (χ1) is 6.18. The van der Waals surface area contributed by atoms with Crippen molar-refractivity contribution in [3.05, 3.63) is 12.2 Å². The van der Waals surface area contributed by atoms with Gasteiger partial charge in [-0.15, -0.1) is 10.2 Å². The average molecular weight is 182 g/mol. The second-order valence-electron chi connectivity index (χ2n) is 3.17. The molecule has 1 atom stereocenters. The summed E-state index contributed by atoms with van der Waals surface area (Å²) < 4.78 is 1.78. The van der Waals surface area contributed by atoms with Gasteiger partial charge in [-0.25, -0.2) is 0 Å². The molecule has 0 amide bonds. The van der Waals surface area contributed by atoms with E-state index in [0.717, 1.165) is 5.82 Å². The lowest BCUT2D eigenvalue weighted by Crippen LogP contribution is -2.45. The molecular formula is C7H10N4O2. The predicted octanol–water partition coefficient (Wildman–Crippen LogP) is -0.823. The molecule has 6 heteroatoms. The standard InChI is InChI=1S/C7H10N4O2/c1-10-3-6-9-8-4-11(6)2-5(10)7(12)13/h4-5H,2-3H2,1H3,(H,12,13)/t5-/m1/s1. The number of aliphatic carboxylic acids is 1. The van der Waals surface area contributed by atoms with E-state index >= 15 is 0 Å². The van der Waals surface area contributed by atoms with Crippen LogP contribution < -0.4 is 0 Å². The molecule has 1 aromatic rings. The number of hydrogen-bond donors (Lipinski definition) is 1. The maximum atomic E-state index is 10.8. The van der Waals surface area contributed by atoms with Gasteiger partial charge in [0.15, 0.2) is 0 Å². The Hall–Kier alpha value is -1.43. The minimum atomic E-state index is -0.804. The maximum absolute atomic E-state index is 10.8. The molecule has 6 nitrogen and oxygen atoms in total. The molecule has 1 aliphatic heterocycles. The first-order valence-electron chi connectivity index (χ1n) is 3.98. The lowest BCUT2D eigenvalue weighted by molar-refractivity contribution is -0.144. The van der Waals surface area contributed by atoms with Crippen molar-refractivity contribution in [3.8, 4) is 0 Å². The molecule has 1 N–H and O–H groups in total. The zero-order chi connectivity index (χ0) is 9.42. The van der Waals surface area contributed by atoms with Gasteiger partial charge in [0.1, 0.15) is 18.2 Å². The Morgan fingerprint density at radius 3 is 3.23 bits per heavy atom. The van der Waals surface area contributed by atoms with E-state index in [2.05, 4.69) is 10.2 Å². The van der Waals surface area contributed by atoms with Crippen LogP contribution in [0.25, 0.3) is 0 Å². The van der Waals surface area contributed by atoms with Crippen LogP contribution in [0.2, 0.25) is 0 Å². The quantitative estimate of drug-likeness (QED) is 0.614. The third-order valence-corrected chi connectivity index (χ3v) is 2.27. The zero-order valence-electron chi connectivity index (χ0n) is 7.21. The van der Waals surface area contributed by atoms with Crippen LogP contribution in [-0.2, 0) is 17.9 Å². The predicted molar refractivity (Wildman–Crippen MR) is 42.9 cm³/mol. The number of likely N-dealkylation sites (N-methyl/N-ethyl adjacent to an activating group) is 1. The van der Waals surface area contributed by atoms with Crippen molar-refractivity contribution < 1.29 is 9.90 Å². The minimum Gasteiger partial charge on any atom is -0.480 e. The van der Waals surface area contributed by atoms with Crippen LogP contribution in [0.5, 0.6) is 0 Å². The van der Waals surface area contributed by atoms with Crippen LogP contribution in [0.1, 0.15) is 5.82 Å². The van der Waals surface area contributed by atoms with Gasteiger partial charge in [0.2, 0.25) is 0 Å². The molecule has 0 spiro atoms. The molecular weight excluding hydrogens is 172 g/mol. The summed E-state index contributed by atoms with van der Waals surface area (Å²) in [6.45, 7) is 0.963. The molecule has 0 aliphatic carbocycles. The molecule has 2 heterocycles. The van der Waals surface area contributed by atoms with E-state index in [1.807, 2.05) is 0 Å². The van der Waals surface area contributed by atoms with Crippen molar-refractivity contribution >= 4 is 5.97 Å². The summed E-state index contributed by atoms with van der Waals surface area (Å²) in [7, 11) is 1.77. The summed E-state index contributed by atoms with van der Waals surface area (Å²) in [5, 5.41) is 16.5. The number of carbonyl (C=O) groups is 1. The lowest BCUT2D eigenvalue weighted by atomic mass is 10.2. The second-order valence-corrected chi connectivity index (χ2v) is 3.17. The van der Waals surface area contributed by atoms with Gasteiger partial charge >= 0.3 is 5.97 Å². The van der Waals surface area contributed by atoms with E-state index in [0.29, 0.717) is 13.1 Å². The fourth-order valence-corrected chi connectivity index (χ4v) is 1.48. The highest BCUT2D eigenvalue weighted by Gasteiger charge is 2.29. The SMILES string of the molecule is CN1Cc2nncn2C[C@@H]1C(=O)O. The molecule has 0 fully saturated rings. The van der Waals surface area contributed by atoms with Crippen molar-refractivity contribution in [1.29, 1.82) is 0 Å². The Bertz CT molecular complexity index is 335. The van der Waals surface area contributed by atoms with Gasteiger partial charge < -0.3 is 9.67 Å². The Morgan fingerprint density at radius 2 is 2.54 bits per heavy atom.